The fourth-order valence-electron chi connectivity index (χ4n) is 3.98. The summed E-state index contributed by atoms with van der Waals surface area (Å²) in [5, 5.41) is 0. The van der Waals surface area contributed by atoms with Crippen LogP contribution < -0.4 is 0 Å². The minimum atomic E-state index is -0.631. The van der Waals surface area contributed by atoms with Crippen molar-refractivity contribution in [3.63, 3.8) is 0 Å². The average molecular weight is 373 g/mol. The molecule has 0 amide bonds. The molecule has 3 aliphatic heterocycles. The van der Waals surface area contributed by atoms with E-state index in [1.807, 2.05) is 27.7 Å². The molecular weight excluding hydrogens is 336 g/mol. The summed E-state index contributed by atoms with van der Waals surface area (Å²) in [5.74, 6) is -1.22. The van der Waals surface area contributed by atoms with Crippen LogP contribution in [0.4, 0.5) is 0 Å². The van der Waals surface area contributed by atoms with Crippen LogP contribution in [0, 0.1) is 0 Å². The zero-order valence-corrected chi connectivity index (χ0v) is 17.0. The van der Waals surface area contributed by atoms with Crippen LogP contribution in [0.25, 0.3) is 0 Å². The number of unbranched alkanes of at least 4 members (excludes halogenated alkanes) is 5. The summed E-state index contributed by atoms with van der Waals surface area (Å²) in [6, 6.07) is 0. The molecule has 0 aromatic carbocycles. The van der Waals surface area contributed by atoms with Crippen LogP contribution in [0.5, 0.6) is 0 Å². The Labute approximate surface area is 157 Å². The van der Waals surface area contributed by atoms with E-state index >= 15 is 0 Å². The van der Waals surface area contributed by atoms with E-state index in [1.165, 1.54) is 32.1 Å². The van der Waals surface area contributed by atoms with Crippen LogP contribution in [0.3, 0.4) is 0 Å². The number of fused-ring (bicyclic) bond motifs is 1. The molecule has 0 radical (unpaired) electrons. The molecule has 152 valence electrons. The van der Waals surface area contributed by atoms with Crippen molar-refractivity contribution in [3.05, 3.63) is 0 Å². The summed E-state index contributed by atoms with van der Waals surface area (Å²) in [6.07, 6.45) is 6.18. The Balaban J connectivity index is 1.50. The molecule has 3 aliphatic rings. The maximum atomic E-state index is 6.17. The molecule has 5 atom stereocenters. The fraction of sp³-hybridized carbons (Fsp3) is 1.00. The lowest BCUT2D eigenvalue weighted by atomic mass is 10.1. The largest absolute Gasteiger partial charge is 0.350 e. The van der Waals surface area contributed by atoms with Gasteiger partial charge in [-0.2, -0.15) is 0 Å². The summed E-state index contributed by atoms with van der Waals surface area (Å²) < 4.78 is 36.1. The molecule has 6 nitrogen and oxygen atoms in total. The minimum Gasteiger partial charge on any atom is -0.350 e. The standard InChI is InChI=1S/C20H36O6/c1-6-7-8-9-10-11-12-21-18-17-16(25-20(4,5)26-17)15(23-18)14-13-22-19(2,3)24-14/h14-18H,6-13H2,1-5H3/t14-,15-,16+,17+,18+/m1/s1. The van der Waals surface area contributed by atoms with Crippen LogP contribution in [0.15, 0.2) is 0 Å². The Bertz CT molecular complexity index is 452. The highest BCUT2D eigenvalue weighted by molar-refractivity contribution is 4.99. The molecule has 0 spiro atoms. The van der Waals surface area contributed by atoms with Crippen LogP contribution in [-0.4, -0.2) is 55.5 Å². The Morgan fingerprint density at radius 2 is 1.50 bits per heavy atom. The molecule has 26 heavy (non-hydrogen) atoms. The maximum Gasteiger partial charge on any atom is 0.187 e. The second kappa shape index (κ2) is 8.41. The van der Waals surface area contributed by atoms with Crippen LogP contribution >= 0.6 is 0 Å². The molecule has 3 fully saturated rings. The van der Waals surface area contributed by atoms with Gasteiger partial charge in [-0.25, -0.2) is 0 Å². The van der Waals surface area contributed by atoms with Gasteiger partial charge in [0.05, 0.1) is 6.61 Å². The van der Waals surface area contributed by atoms with Gasteiger partial charge in [-0.15, -0.1) is 0 Å². The number of ether oxygens (including phenoxy) is 6. The van der Waals surface area contributed by atoms with Gasteiger partial charge in [0.25, 0.3) is 0 Å². The van der Waals surface area contributed by atoms with E-state index in [-0.39, 0.29) is 24.4 Å². The third-order valence-corrected chi connectivity index (χ3v) is 5.22. The van der Waals surface area contributed by atoms with Crippen molar-refractivity contribution in [1.82, 2.24) is 0 Å². The van der Waals surface area contributed by atoms with E-state index < -0.39 is 17.9 Å². The van der Waals surface area contributed by atoms with E-state index in [1.54, 1.807) is 0 Å². The Kier molecular flexibility index (Phi) is 6.63. The molecule has 0 saturated carbocycles. The molecule has 6 heteroatoms. The first-order valence-electron chi connectivity index (χ1n) is 10.3. The number of hydrogen-bond acceptors (Lipinski definition) is 6. The van der Waals surface area contributed by atoms with Crippen molar-refractivity contribution < 1.29 is 28.4 Å². The van der Waals surface area contributed by atoms with E-state index in [4.69, 9.17) is 28.4 Å². The zero-order valence-electron chi connectivity index (χ0n) is 17.0. The predicted octanol–water partition coefficient (Wildman–Crippen LogP) is 3.76. The van der Waals surface area contributed by atoms with Gasteiger partial charge in [-0.1, -0.05) is 39.0 Å². The van der Waals surface area contributed by atoms with Crippen molar-refractivity contribution >= 4 is 0 Å². The topological polar surface area (TPSA) is 55.4 Å². The Morgan fingerprint density at radius 1 is 0.808 bits per heavy atom. The molecule has 3 saturated heterocycles. The summed E-state index contributed by atoms with van der Waals surface area (Å²) in [7, 11) is 0. The van der Waals surface area contributed by atoms with E-state index in [2.05, 4.69) is 6.92 Å². The maximum absolute atomic E-state index is 6.17. The molecule has 0 aromatic rings. The molecule has 0 bridgehead atoms. The van der Waals surface area contributed by atoms with Gasteiger partial charge in [0.1, 0.15) is 24.4 Å². The first-order valence-corrected chi connectivity index (χ1v) is 10.3. The summed E-state index contributed by atoms with van der Waals surface area (Å²) >= 11 is 0. The third-order valence-electron chi connectivity index (χ3n) is 5.22. The second-order valence-electron chi connectivity index (χ2n) is 8.54. The van der Waals surface area contributed by atoms with E-state index in [0.717, 1.165) is 6.42 Å². The Morgan fingerprint density at radius 3 is 2.19 bits per heavy atom. The fourth-order valence-corrected chi connectivity index (χ4v) is 3.98. The number of rotatable bonds is 9. The van der Waals surface area contributed by atoms with Gasteiger partial charge in [-0.3, -0.25) is 0 Å². The van der Waals surface area contributed by atoms with Gasteiger partial charge in [0.15, 0.2) is 17.9 Å². The van der Waals surface area contributed by atoms with Crippen molar-refractivity contribution in [2.45, 2.75) is 115 Å². The van der Waals surface area contributed by atoms with Crippen LogP contribution in [-0.2, 0) is 28.4 Å². The van der Waals surface area contributed by atoms with Gasteiger partial charge < -0.3 is 28.4 Å². The second-order valence-corrected chi connectivity index (χ2v) is 8.54. The molecule has 0 aliphatic carbocycles. The van der Waals surface area contributed by atoms with Crippen molar-refractivity contribution in [3.8, 4) is 0 Å². The smallest absolute Gasteiger partial charge is 0.187 e. The van der Waals surface area contributed by atoms with Crippen molar-refractivity contribution in [2.24, 2.45) is 0 Å². The monoisotopic (exact) mass is 372 g/mol. The molecule has 0 aromatic heterocycles. The van der Waals surface area contributed by atoms with Crippen molar-refractivity contribution in [2.75, 3.05) is 13.2 Å². The molecular formula is C20H36O6. The highest BCUT2D eigenvalue weighted by atomic mass is 16.8. The lowest BCUT2D eigenvalue weighted by Gasteiger charge is -2.27. The van der Waals surface area contributed by atoms with E-state index in [9.17, 15) is 0 Å². The molecule has 3 heterocycles. The van der Waals surface area contributed by atoms with Gasteiger partial charge >= 0.3 is 0 Å². The highest BCUT2D eigenvalue weighted by Crippen LogP contribution is 2.42. The molecule has 0 unspecified atom stereocenters. The predicted molar refractivity (Wildman–Crippen MR) is 96.7 cm³/mol. The lowest BCUT2D eigenvalue weighted by Crippen LogP contribution is -2.40. The van der Waals surface area contributed by atoms with Gasteiger partial charge in [0, 0.05) is 6.61 Å². The van der Waals surface area contributed by atoms with Gasteiger partial charge in [-0.05, 0) is 34.1 Å². The van der Waals surface area contributed by atoms with Crippen molar-refractivity contribution in [1.29, 1.82) is 0 Å². The first kappa shape index (κ1) is 20.5. The summed E-state index contributed by atoms with van der Waals surface area (Å²) in [4.78, 5) is 0. The zero-order chi connectivity index (χ0) is 18.8. The minimum absolute atomic E-state index is 0.169. The molecule has 3 rings (SSSR count). The van der Waals surface area contributed by atoms with Gasteiger partial charge in [0.2, 0.25) is 0 Å². The van der Waals surface area contributed by atoms with Crippen LogP contribution in [0.2, 0.25) is 0 Å². The molecule has 0 N–H and O–H groups in total. The van der Waals surface area contributed by atoms with Crippen LogP contribution in [0.1, 0.15) is 73.1 Å². The average Bonchev–Trinajstić information content (AvgIpc) is 3.17. The number of hydrogen-bond donors (Lipinski definition) is 0. The quantitative estimate of drug-likeness (QED) is 0.575. The summed E-state index contributed by atoms with van der Waals surface area (Å²) in [5.41, 5.74) is 0. The third kappa shape index (κ3) is 4.97. The summed E-state index contributed by atoms with van der Waals surface area (Å²) in [6.45, 7) is 11.1. The Hall–Kier alpha value is -0.240. The van der Waals surface area contributed by atoms with E-state index in [0.29, 0.717) is 13.2 Å². The highest BCUT2D eigenvalue weighted by Gasteiger charge is 2.59. The first-order chi connectivity index (χ1) is 12.3. The normalized spacial score (nSPS) is 38.0. The lowest BCUT2D eigenvalue weighted by molar-refractivity contribution is -0.247. The SMILES string of the molecule is CCCCCCCCO[C@H]1O[C@H]([C@H]2COC(C)(C)O2)[C@@H]2OC(C)(C)O[C@H]12.